The fourth-order valence-corrected chi connectivity index (χ4v) is 5.34. The zero-order valence-electron chi connectivity index (χ0n) is 18.8. The highest BCUT2D eigenvalue weighted by Gasteiger charge is 2.39. The molecule has 6 nitrogen and oxygen atoms in total. The molecule has 4 rings (SSSR count). The second-order valence-corrected chi connectivity index (χ2v) is 9.90. The Hall–Kier alpha value is -1.81. The number of piperidine rings is 1. The third-order valence-corrected chi connectivity index (χ3v) is 7.24. The summed E-state index contributed by atoms with van der Waals surface area (Å²) in [7, 11) is 0. The Morgan fingerprint density at radius 1 is 1.21 bits per heavy atom. The number of halogens is 5. The molecule has 0 spiro atoms. The molecular weight excluding hydrogens is 490 g/mol. The zero-order chi connectivity index (χ0) is 24.5. The SMILES string of the molecule is CC(Nc1nc(N2CC([C@H]3CCCN(CCO)C3)C2)ncc1C(F)(F)F)c1ccc(Cl)cc1Cl. The summed E-state index contributed by atoms with van der Waals surface area (Å²) < 4.78 is 41.0. The third kappa shape index (κ3) is 5.70. The lowest BCUT2D eigenvalue weighted by Crippen LogP contribution is -2.54. The number of aliphatic hydroxyl groups is 1. The highest BCUT2D eigenvalue weighted by molar-refractivity contribution is 6.35. The van der Waals surface area contributed by atoms with Crippen molar-refractivity contribution in [2.75, 3.05) is 49.5 Å². The van der Waals surface area contributed by atoms with Gasteiger partial charge in [-0.15, -0.1) is 0 Å². The van der Waals surface area contributed by atoms with E-state index in [2.05, 4.69) is 20.2 Å². The Morgan fingerprint density at radius 3 is 2.65 bits per heavy atom. The maximum Gasteiger partial charge on any atom is 0.421 e. The van der Waals surface area contributed by atoms with E-state index in [0.29, 0.717) is 47.1 Å². The minimum atomic E-state index is -4.60. The lowest BCUT2D eigenvalue weighted by atomic mass is 9.81. The number of alkyl halides is 3. The van der Waals surface area contributed by atoms with Crippen LogP contribution in [0, 0.1) is 11.8 Å². The van der Waals surface area contributed by atoms with E-state index in [4.69, 9.17) is 23.2 Å². The summed E-state index contributed by atoms with van der Waals surface area (Å²) in [5, 5.41) is 12.9. The number of aromatic nitrogens is 2. The number of nitrogens with one attached hydrogen (secondary N) is 1. The van der Waals surface area contributed by atoms with E-state index < -0.39 is 17.8 Å². The largest absolute Gasteiger partial charge is 0.421 e. The van der Waals surface area contributed by atoms with Gasteiger partial charge in [-0.25, -0.2) is 4.98 Å². The molecule has 2 aromatic rings. The number of aliphatic hydroxyl groups excluding tert-OH is 1. The summed E-state index contributed by atoms with van der Waals surface area (Å²) in [5.41, 5.74) is -0.301. The van der Waals surface area contributed by atoms with Crippen molar-refractivity contribution in [2.24, 2.45) is 11.8 Å². The number of hydrogen-bond acceptors (Lipinski definition) is 6. The molecule has 2 N–H and O–H groups in total. The molecule has 0 amide bonds. The van der Waals surface area contributed by atoms with E-state index in [1.54, 1.807) is 25.1 Å². The molecule has 2 fully saturated rings. The van der Waals surface area contributed by atoms with E-state index in [1.807, 2.05) is 4.90 Å². The Labute approximate surface area is 207 Å². The average molecular weight is 518 g/mol. The van der Waals surface area contributed by atoms with Crippen molar-refractivity contribution in [3.63, 3.8) is 0 Å². The highest BCUT2D eigenvalue weighted by atomic mass is 35.5. The van der Waals surface area contributed by atoms with Crippen LogP contribution < -0.4 is 10.2 Å². The van der Waals surface area contributed by atoms with Crippen LogP contribution in [0.1, 0.15) is 36.9 Å². The normalized spacial score (nSPS) is 20.8. The van der Waals surface area contributed by atoms with Crippen LogP contribution in [0.4, 0.5) is 24.9 Å². The lowest BCUT2D eigenvalue weighted by molar-refractivity contribution is -0.137. The van der Waals surface area contributed by atoms with Crippen molar-refractivity contribution in [1.82, 2.24) is 14.9 Å². The number of anilines is 2. The van der Waals surface area contributed by atoms with Crippen molar-refractivity contribution in [3.8, 4) is 0 Å². The van der Waals surface area contributed by atoms with Gasteiger partial charge in [0.2, 0.25) is 5.95 Å². The van der Waals surface area contributed by atoms with E-state index in [1.165, 1.54) is 0 Å². The average Bonchev–Trinajstić information content (AvgIpc) is 2.72. The Kier molecular flexibility index (Phi) is 7.76. The van der Waals surface area contributed by atoms with Crippen LogP contribution in [-0.2, 0) is 6.18 Å². The summed E-state index contributed by atoms with van der Waals surface area (Å²) in [6.45, 7) is 5.91. The van der Waals surface area contributed by atoms with Gasteiger partial charge >= 0.3 is 6.18 Å². The van der Waals surface area contributed by atoms with E-state index in [0.717, 1.165) is 32.1 Å². The minimum Gasteiger partial charge on any atom is -0.395 e. The van der Waals surface area contributed by atoms with Gasteiger partial charge in [-0.3, -0.25) is 0 Å². The molecule has 186 valence electrons. The molecule has 1 aromatic heterocycles. The highest BCUT2D eigenvalue weighted by Crippen LogP contribution is 2.38. The van der Waals surface area contributed by atoms with Gasteiger partial charge in [0.25, 0.3) is 0 Å². The van der Waals surface area contributed by atoms with Crippen molar-refractivity contribution in [3.05, 3.63) is 45.6 Å². The first-order valence-electron chi connectivity index (χ1n) is 11.4. The van der Waals surface area contributed by atoms with Crippen molar-refractivity contribution in [1.29, 1.82) is 0 Å². The van der Waals surface area contributed by atoms with Gasteiger partial charge in [-0.05, 0) is 55.8 Å². The molecule has 2 saturated heterocycles. The quantitative estimate of drug-likeness (QED) is 0.531. The van der Waals surface area contributed by atoms with Gasteiger partial charge in [0.1, 0.15) is 11.4 Å². The molecule has 0 saturated carbocycles. The second kappa shape index (κ2) is 10.4. The molecule has 1 unspecified atom stereocenters. The fraction of sp³-hybridized carbons (Fsp3) is 0.565. The van der Waals surface area contributed by atoms with Crippen LogP contribution in [0.5, 0.6) is 0 Å². The van der Waals surface area contributed by atoms with Gasteiger partial charge in [0, 0.05) is 42.4 Å². The summed E-state index contributed by atoms with van der Waals surface area (Å²) in [6, 6.07) is 4.35. The predicted octanol–water partition coefficient (Wildman–Crippen LogP) is 5.12. The molecule has 0 bridgehead atoms. The smallest absolute Gasteiger partial charge is 0.395 e. The number of β-amino-alcohol motifs (C(OH)–C–C–N with tert-alkyl or cyclic N) is 1. The standard InChI is InChI=1S/C23H28Cl2F3N5O/c1-14(18-5-4-17(24)9-20(18)25)30-21-19(23(26,27)28)10-29-22(31-21)33-12-16(13-33)15-3-2-6-32(11-15)7-8-34/h4-5,9-10,14-16,34H,2-3,6-8,11-13H2,1H3,(H,29,30,31)/t14?,15-/m0/s1. The molecule has 2 aliphatic rings. The number of benzene rings is 1. The van der Waals surface area contributed by atoms with Gasteiger partial charge in [0.15, 0.2) is 0 Å². The van der Waals surface area contributed by atoms with E-state index in [9.17, 15) is 18.3 Å². The topological polar surface area (TPSA) is 64.5 Å². The summed E-state index contributed by atoms with van der Waals surface area (Å²) in [6.07, 6.45) is -1.53. The molecule has 1 aromatic carbocycles. The van der Waals surface area contributed by atoms with Gasteiger partial charge in [-0.2, -0.15) is 18.2 Å². The van der Waals surface area contributed by atoms with Gasteiger partial charge < -0.3 is 20.2 Å². The molecule has 11 heteroatoms. The van der Waals surface area contributed by atoms with E-state index in [-0.39, 0.29) is 18.4 Å². The number of hydrogen-bond donors (Lipinski definition) is 2. The third-order valence-electron chi connectivity index (χ3n) is 6.68. The molecule has 2 atom stereocenters. The lowest BCUT2D eigenvalue weighted by Gasteiger charge is -2.46. The van der Waals surface area contributed by atoms with Crippen LogP contribution in [-0.4, -0.2) is 59.3 Å². The zero-order valence-corrected chi connectivity index (χ0v) is 20.3. The summed E-state index contributed by atoms with van der Waals surface area (Å²) in [4.78, 5) is 12.5. The number of rotatable bonds is 7. The minimum absolute atomic E-state index is 0.151. The van der Waals surface area contributed by atoms with Gasteiger partial charge in [0.05, 0.1) is 12.6 Å². The Bertz CT molecular complexity index is 1000. The van der Waals surface area contributed by atoms with Crippen LogP contribution in [0.15, 0.2) is 24.4 Å². The summed E-state index contributed by atoms with van der Waals surface area (Å²) >= 11 is 12.2. The van der Waals surface area contributed by atoms with Crippen LogP contribution in [0.25, 0.3) is 0 Å². The fourth-order valence-electron chi connectivity index (χ4n) is 4.77. The molecule has 0 radical (unpaired) electrons. The molecule has 2 aliphatic heterocycles. The van der Waals surface area contributed by atoms with Crippen molar-refractivity contribution < 1.29 is 18.3 Å². The molecular formula is C23H28Cl2F3N5O. The van der Waals surface area contributed by atoms with Crippen LogP contribution >= 0.6 is 23.2 Å². The molecule has 34 heavy (non-hydrogen) atoms. The Morgan fingerprint density at radius 2 is 1.97 bits per heavy atom. The first-order chi connectivity index (χ1) is 16.2. The first-order valence-corrected chi connectivity index (χ1v) is 12.1. The molecule has 3 heterocycles. The second-order valence-electron chi connectivity index (χ2n) is 9.05. The van der Waals surface area contributed by atoms with Crippen LogP contribution in [0.2, 0.25) is 10.0 Å². The maximum absolute atomic E-state index is 13.7. The Balaban J connectivity index is 1.48. The van der Waals surface area contributed by atoms with Crippen LogP contribution in [0.3, 0.4) is 0 Å². The maximum atomic E-state index is 13.7. The monoisotopic (exact) mass is 517 g/mol. The first kappa shape index (κ1) is 25.3. The summed E-state index contributed by atoms with van der Waals surface area (Å²) in [5.74, 6) is 0.960. The van der Waals surface area contributed by atoms with E-state index >= 15 is 0 Å². The number of nitrogens with zero attached hydrogens (tertiary/aromatic N) is 4. The molecule has 0 aliphatic carbocycles. The van der Waals surface area contributed by atoms with Gasteiger partial charge in [-0.1, -0.05) is 29.3 Å². The van der Waals surface area contributed by atoms with Crippen molar-refractivity contribution in [2.45, 2.75) is 32.0 Å². The van der Waals surface area contributed by atoms with Crippen molar-refractivity contribution >= 4 is 35.0 Å². The number of likely N-dealkylation sites (tertiary alicyclic amines) is 1. The predicted molar refractivity (Wildman–Crippen MR) is 127 cm³/mol.